The molecule has 1 aliphatic rings. The zero-order valence-electron chi connectivity index (χ0n) is 13.7. The third-order valence-corrected chi connectivity index (χ3v) is 4.35. The van der Waals surface area contributed by atoms with Crippen LogP contribution in [0.1, 0.15) is 31.7 Å². The van der Waals surface area contributed by atoms with Gasteiger partial charge < -0.3 is 0 Å². The Labute approximate surface area is 140 Å². The van der Waals surface area contributed by atoms with Crippen molar-refractivity contribution in [3.63, 3.8) is 0 Å². The van der Waals surface area contributed by atoms with E-state index in [1.807, 2.05) is 18.3 Å². The van der Waals surface area contributed by atoms with Crippen LogP contribution in [0.25, 0.3) is 16.8 Å². The van der Waals surface area contributed by atoms with Gasteiger partial charge in [-0.1, -0.05) is 37.6 Å². The number of carbonyl (C=O) groups is 1. The first kappa shape index (κ1) is 14.9. The van der Waals surface area contributed by atoms with Crippen molar-refractivity contribution in [3.8, 4) is 11.1 Å². The third-order valence-electron chi connectivity index (χ3n) is 4.35. The van der Waals surface area contributed by atoms with Gasteiger partial charge in [0.15, 0.2) is 5.65 Å². The lowest BCUT2D eigenvalue weighted by molar-refractivity contribution is -0.117. The van der Waals surface area contributed by atoms with Crippen LogP contribution in [0.2, 0.25) is 0 Å². The molecule has 1 aliphatic carbocycles. The first-order valence-electron chi connectivity index (χ1n) is 8.50. The first-order valence-corrected chi connectivity index (χ1v) is 8.50. The van der Waals surface area contributed by atoms with Crippen molar-refractivity contribution in [3.05, 3.63) is 48.2 Å². The Balaban J connectivity index is 1.67. The summed E-state index contributed by atoms with van der Waals surface area (Å²) in [7, 11) is 0. The van der Waals surface area contributed by atoms with Crippen molar-refractivity contribution in [2.24, 2.45) is 5.92 Å². The minimum atomic E-state index is 0.0244. The van der Waals surface area contributed by atoms with Crippen molar-refractivity contribution in [2.75, 3.05) is 5.32 Å². The largest absolute Gasteiger partial charge is 0.293 e. The Hall–Kier alpha value is -2.69. The predicted molar refractivity (Wildman–Crippen MR) is 93.8 cm³/mol. The second kappa shape index (κ2) is 6.07. The van der Waals surface area contributed by atoms with Crippen molar-refractivity contribution in [1.29, 1.82) is 0 Å². The van der Waals surface area contributed by atoms with Crippen LogP contribution in [0.5, 0.6) is 0 Å². The van der Waals surface area contributed by atoms with Gasteiger partial charge in [0.1, 0.15) is 0 Å². The molecule has 1 N–H and O–H groups in total. The lowest BCUT2D eigenvalue weighted by atomic mass is 10.0. The van der Waals surface area contributed by atoms with Gasteiger partial charge in [-0.25, -0.2) is 4.52 Å². The van der Waals surface area contributed by atoms with E-state index in [-0.39, 0.29) is 11.8 Å². The number of fused-ring (bicyclic) bond motifs is 1. The smallest absolute Gasteiger partial charge is 0.249 e. The SMILES string of the molecule is CCCc1ccc(-c2cccn3nc(NC(=O)C4CC4)nc23)cc1. The molecule has 3 aromatic rings. The molecule has 1 aromatic carbocycles. The summed E-state index contributed by atoms with van der Waals surface area (Å²) in [6.07, 6.45) is 6.02. The van der Waals surface area contributed by atoms with E-state index in [0.717, 1.165) is 42.5 Å². The van der Waals surface area contributed by atoms with E-state index >= 15 is 0 Å². The van der Waals surface area contributed by atoms with Gasteiger partial charge in [-0.3, -0.25) is 10.1 Å². The number of anilines is 1. The molecule has 0 atom stereocenters. The standard InChI is InChI=1S/C19H20N4O/c1-2-4-13-6-8-14(9-7-13)16-5-3-12-23-17(16)20-19(22-23)21-18(24)15-10-11-15/h3,5-9,12,15H,2,4,10-11H2,1H3,(H,21,22,24). The summed E-state index contributed by atoms with van der Waals surface area (Å²) in [4.78, 5) is 16.4. The van der Waals surface area contributed by atoms with Crippen molar-refractivity contribution in [2.45, 2.75) is 32.6 Å². The summed E-state index contributed by atoms with van der Waals surface area (Å²) in [5.74, 6) is 0.542. The van der Waals surface area contributed by atoms with Gasteiger partial charge in [0, 0.05) is 17.7 Å². The van der Waals surface area contributed by atoms with Crippen LogP contribution >= 0.6 is 0 Å². The number of amides is 1. The fourth-order valence-corrected chi connectivity index (χ4v) is 2.88. The number of nitrogens with one attached hydrogen (secondary N) is 1. The number of benzene rings is 1. The van der Waals surface area contributed by atoms with Gasteiger partial charge in [-0.15, -0.1) is 5.10 Å². The molecule has 0 saturated heterocycles. The molecule has 122 valence electrons. The summed E-state index contributed by atoms with van der Waals surface area (Å²) in [5, 5.41) is 7.19. The van der Waals surface area contributed by atoms with Crippen molar-refractivity contribution in [1.82, 2.24) is 14.6 Å². The van der Waals surface area contributed by atoms with Crippen LogP contribution in [-0.4, -0.2) is 20.5 Å². The molecule has 24 heavy (non-hydrogen) atoms. The topological polar surface area (TPSA) is 59.3 Å². The minimum absolute atomic E-state index is 0.0244. The van der Waals surface area contributed by atoms with Crippen LogP contribution in [0.3, 0.4) is 0 Å². The maximum Gasteiger partial charge on any atom is 0.249 e. The fourth-order valence-electron chi connectivity index (χ4n) is 2.88. The van der Waals surface area contributed by atoms with Gasteiger partial charge in [0.2, 0.25) is 11.9 Å². The predicted octanol–water partition coefficient (Wildman–Crippen LogP) is 3.70. The Bertz CT molecular complexity index is 878. The average Bonchev–Trinajstić information content (AvgIpc) is 3.36. The Morgan fingerprint density at radius 3 is 2.75 bits per heavy atom. The highest BCUT2D eigenvalue weighted by atomic mass is 16.2. The Morgan fingerprint density at radius 2 is 2.04 bits per heavy atom. The fraction of sp³-hybridized carbons (Fsp3) is 0.316. The number of aryl methyl sites for hydroxylation is 1. The Kier molecular flexibility index (Phi) is 3.76. The van der Waals surface area contributed by atoms with E-state index in [2.05, 4.69) is 46.6 Å². The summed E-state index contributed by atoms with van der Waals surface area (Å²) in [6.45, 7) is 2.18. The molecule has 2 aromatic heterocycles. The lowest BCUT2D eigenvalue weighted by Crippen LogP contribution is -2.14. The maximum absolute atomic E-state index is 11.9. The third kappa shape index (κ3) is 2.89. The van der Waals surface area contributed by atoms with E-state index in [0.29, 0.717) is 5.95 Å². The number of aromatic nitrogens is 3. The summed E-state index contributed by atoms with van der Waals surface area (Å²) >= 11 is 0. The van der Waals surface area contributed by atoms with Gasteiger partial charge in [0.25, 0.3) is 0 Å². The molecular formula is C19H20N4O. The molecule has 5 nitrogen and oxygen atoms in total. The van der Waals surface area contributed by atoms with E-state index in [1.54, 1.807) is 4.52 Å². The average molecular weight is 320 g/mol. The quantitative estimate of drug-likeness (QED) is 0.780. The molecule has 0 unspecified atom stereocenters. The van der Waals surface area contributed by atoms with Gasteiger partial charge >= 0.3 is 0 Å². The second-order valence-corrected chi connectivity index (χ2v) is 6.34. The van der Waals surface area contributed by atoms with Crippen LogP contribution in [0.4, 0.5) is 5.95 Å². The molecule has 1 fully saturated rings. The normalized spacial score (nSPS) is 14.0. The molecule has 1 amide bonds. The highest BCUT2D eigenvalue weighted by Gasteiger charge is 2.30. The second-order valence-electron chi connectivity index (χ2n) is 6.34. The number of hydrogen-bond donors (Lipinski definition) is 1. The minimum Gasteiger partial charge on any atom is -0.293 e. The van der Waals surface area contributed by atoms with Crippen LogP contribution < -0.4 is 5.32 Å². The first-order chi connectivity index (χ1) is 11.7. The molecule has 4 rings (SSSR count). The van der Waals surface area contributed by atoms with Crippen molar-refractivity contribution < 1.29 is 4.79 Å². The number of rotatable bonds is 5. The Morgan fingerprint density at radius 1 is 1.25 bits per heavy atom. The van der Waals surface area contributed by atoms with E-state index in [1.165, 1.54) is 5.56 Å². The summed E-state index contributed by atoms with van der Waals surface area (Å²) < 4.78 is 1.72. The molecule has 0 spiro atoms. The highest BCUT2D eigenvalue weighted by molar-refractivity contribution is 5.93. The number of pyridine rings is 1. The summed E-state index contributed by atoms with van der Waals surface area (Å²) in [6, 6.07) is 12.5. The molecule has 0 aliphatic heterocycles. The summed E-state index contributed by atoms with van der Waals surface area (Å²) in [5.41, 5.74) is 4.21. The molecule has 0 bridgehead atoms. The molecule has 2 heterocycles. The van der Waals surface area contributed by atoms with E-state index < -0.39 is 0 Å². The highest BCUT2D eigenvalue weighted by Crippen LogP contribution is 2.30. The van der Waals surface area contributed by atoms with Gasteiger partial charge in [-0.2, -0.15) is 4.98 Å². The monoisotopic (exact) mass is 320 g/mol. The molecule has 1 saturated carbocycles. The van der Waals surface area contributed by atoms with Crippen LogP contribution in [0.15, 0.2) is 42.6 Å². The van der Waals surface area contributed by atoms with Gasteiger partial charge in [-0.05, 0) is 42.5 Å². The number of carbonyl (C=O) groups excluding carboxylic acids is 1. The maximum atomic E-state index is 11.9. The van der Waals surface area contributed by atoms with E-state index in [4.69, 9.17) is 0 Å². The van der Waals surface area contributed by atoms with Crippen LogP contribution in [-0.2, 0) is 11.2 Å². The zero-order valence-corrected chi connectivity index (χ0v) is 13.7. The van der Waals surface area contributed by atoms with Gasteiger partial charge in [0.05, 0.1) is 0 Å². The number of nitrogens with zero attached hydrogens (tertiary/aromatic N) is 3. The van der Waals surface area contributed by atoms with E-state index in [9.17, 15) is 4.79 Å². The molecular weight excluding hydrogens is 300 g/mol. The molecule has 5 heteroatoms. The lowest BCUT2D eigenvalue weighted by Gasteiger charge is -2.04. The van der Waals surface area contributed by atoms with Crippen molar-refractivity contribution >= 4 is 17.5 Å². The van der Waals surface area contributed by atoms with Crippen LogP contribution in [0, 0.1) is 5.92 Å². The zero-order chi connectivity index (χ0) is 16.5. The molecule has 0 radical (unpaired) electrons. The number of hydrogen-bond acceptors (Lipinski definition) is 3.